The van der Waals surface area contributed by atoms with E-state index in [1.165, 1.54) is 0 Å². The predicted octanol–water partition coefficient (Wildman–Crippen LogP) is 2.33. The van der Waals surface area contributed by atoms with Crippen LogP contribution in [-0.2, 0) is 9.22 Å². The molecule has 3 heteroatoms. The van der Waals surface area contributed by atoms with E-state index in [1.54, 1.807) is 13.0 Å². The van der Waals surface area contributed by atoms with Gasteiger partial charge in [0.2, 0.25) is 8.32 Å². The van der Waals surface area contributed by atoms with Crippen LogP contribution < -0.4 is 0 Å². The Labute approximate surface area is 69.4 Å². The largest absolute Gasteiger partial charge is 0.517 e. The van der Waals surface area contributed by atoms with Crippen molar-refractivity contribution in [3.8, 4) is 0 Å². The summed E-state index contributed by atoms with van der Waals surface area (Å²) in [6.45, 7) is 9.58. The molecule has 0 aromatic heterocycles. The Morgan fingerprint density at radius 2 is 1.82 bits per heavy atom. The molecule has 0 spiro atoms. The molecule has 0 saturated carbocycles. The molecule has 0 radical (unpaired) electrons. The first-order valence-corrected chi connectivity index (χ1v) is 7.14. The SMILES string of the molecule is CC=C(C)C(=O)O[Si](C)(C)C. The molecule has 0 aliphatic rings. The van der Waals surface area contributed by atoms with Crippen LogP contribution in [0.5, 0.6) is 0 Å². The predicted molar refractivity (Wildman–Crippen MR) is 48.9 cm³/mol. The Balaban J connectivity index is 4.10. The van der Waals surface area contributed by atoms with E-state index in [4.69, 9.17) is 4.43 Å². The smallest absolute Gasteiger partial charge is 0.320 e. The molecular formula is C8H16O2Si. The van der Waals surface area contributed by atoms with Gasteiger partial charge in [0, 0.05) is 5.57 Å². The highest BCUT2D eigenvalue weighted by Crippen LogP contribution is 2.06. The van der Waals surface area contributed by atoms with Gasteiger partial charge < -0.3 is 4.43 Å². The van der Waals surface area contributed by atoms with Gasteiger partial charge in [-0.15, -0.1) is 0 Å². The highest BCUT2D eigenvalue weighted by molar-refractivity contribution is 6.71. The van der Waals surface area contributed by atoms with Crippen molar-refractivity contribution in [2.24, 2.45) is 0 Å². The van der Waals surface area contributed by atoms with E-state index in [0.29, 0.717) is 5.57 Å². The van der Waals surface area contributed by atoms with E-state index >= 15 is 0 Å². The van der Waals surface area contributed by atoms with Gasteiger partial charge in [0.1, 0.15) is 0 Å². The molecule has 0 aliphatic heterocycles. The first kappa shape index (κ1) is 10.4. The molecule has 64 valence electrons. The number of allylic oxidation sites excluding steroid dienone is 1. The van der Waals surface area contributed by atoms with Crippen LogP contribution in [0.3, 0.4) is 0 Å². The van der Waals surface area contributed by atoms with Gasteiger partial charge in [-0.3, -0.25) is 0 Å². The van der Waals surface area contributed by atoms with Crippen molar-refractivity contribution in [3.05, 3.63) is 11.6 Å². The van der Waals surface area contributed by atoms with E-state index in [9.17, 15) is 4.79 Å². The van der Waals surface area contributed by atoms with Gasteiger partial charge in [-0.25, -0.2) is 4.79 Å². The molecule has 0 aliphatic carbocycles. The van der Waals surface area contributed by atoms with Crippen molar-refractivity contribution in [1.82, 2.24) is 0 Å². The maximum atomic E-state index is 11.1. The average molecular weight is 172 g/mol. The fourth-order valence-electron chi connectivity index (χ4n) is 0.476. The summed E-state index contributed by atoms with van der Waals surface area (Å²) in [7, 11) is -1.69. The second kappa shape index (κ2) is 3.71. The molecule has 0 unspecified atom stereocenters. The topological polar surface area (TPSA) is 26.3 Å². The van der Waals surface area contributed by atoms with E-state index in [1.807, 2.05) is 26.6 Å². The van der Waals surface area contributed by atoms with E-state index in [2.05, 4.69) is 0 Å². The number of carbonyl (C=O) groups excluding carboxylic acids is 1. The second-order valence-electron chi connectivity index (χ2n) is 3.47. The van der Waals surface area contributed by atoms with Crippen LogP contribution in [0, 0.1) is 0 Å². The van der Waals surface area contributed by atoms with Gasteiger partial charge in [-0.2, -0.15) is 0 Å². The lowest BCUT2D eigenvalue weighted by Crippen LogP contribution is -2.29. The Hall–Kier alpha value is -0.573. The minimum absolute atomic E-state index is 0.174. The average Bonchev–Trinajstić information content (AvgIpc) is 1.82. The summed E-state index contributed by atoms with van der Waals surface area (Å²) >= 11 is 0. The van der Waals surface area contributed by atoms with Crippen molar-refractivity contribution < 1.29 is 9.22 Å². The number of hydrogen-bond donors (Lipinski definition) is 0. The van der Waals surface area contributed by atoms with Crippen LogP contribution in [0.15, 0.2) is 11.6 Å². The van der Waals surface area contributed by atoms with Crippen LogP contribution in [0.25, 0.3) is 0 Å². The van der Waals surface area contributed by atoms with Gasteiger partial charge >= 0.3 is 5.97 Å². The number of carbonyl (C=O) groups is 1. The molecule has 0 heterocycles. The fourth-order valence-corrected chi connectivity index (χ4v) is 1.19. The Morgan fingerprint density at radius 1 is 1.36 bits per heavy atom. The zero-order chi connectivity index (χ0) is 9.07. The molecule has 0 rings (SSSR count). The van der Waals surface area contributed by atoms with Gasteiger partial charge in [-0.05, 0) is 33.5 Å². The highest BCUT2D eigenvalue weighted by Gasteiger charge is 2.20. The van der Waals surface area contributed by atoms with Gasteiger partial charge in [0.15, 0.2) is 0 Å². The van der Waals surface area contributed by atoms with Gasteiger partial charge in [-0.1, -0.05) is 6.08 Å². The van der Waals surface area contributed by atoms with E-state index in [-0.39, 0.29) is 5.97 Å². The molecule has 0 saturated heterocycles. The Kier molecular flexibility index (Phi) is 3.52. The standard InChI is InChI=1S/C8H16O2Si/c1-6-7(2)8(9)10-11(3,4)5/h6H,1-5H3. The van der Waals surface area contributed by atoms with Gasteiger partial charge in [0.25, 0.3) is 0 Å². The molecule has 0 aromatic rings. The van der Waals surface area contributed by atoms with Gasteiger partial charge in [0.05, 0.1) is 0 Å². The van der Waals surface area contributed by atoms with Crippen molar-refractivity contribution in [2.45, 2.75) is 33.5 Å². The maximum absolute atomic E-state index is 11.1. The fraction of sp³-hybridized carbons (Fsp3) is 0.625. The lowest BCUT2D eigenvalue weighted by molar-refractivity contribution is -0.130. The quantitative estimate of drug-likeness (QED) is 0.472. The third-order valence-corrected chi connectivity index (χ3v) is 1.95. The first-order valence-electron chi connectivity index (χ1n) is 3.73. The molecule has 0 atom stereocenters. The summed E-state index contributed by atoms with van der Waals surface area (Å²) < 4.78 is 5.22. The van der Waals surface area contributed by atoms with Crippen molar-refractivity contribution in [1.29, 1.82) is 0 Å². The molecule has 0 N–H and O–H groups in total. The monoisotopic (exact) mass is 172 g/mol. The minimum atomic E-state index is -1.69. The molecule has 0 amide bonds. The summed E-state index contributed by atoms with van der Waals surface area (Å²) in [6.07, 6.45) is 1.77. The summed E-state index contributed by atoms with van der Waals surface area (Å²) in [5.41, 5.74) is 0.687. The zero-order valence-electron chi connectivity index (χ0n) is 7.89. The van der Waals surface area contributed by atoms with Crippen LogP contribution in [0.2, 0.25) is 19.6 Å². The summed E-state index contributed by atoms with van der Waals surface area (Å²) in [6, 6.07) is 0. The zero-order valence-corrected chi connectivity index (χ0v) is 8.89. The lowest BCUT2D eigenvalue weighted by Gasteiger charge is -2.17. The van der Waals surface area contributed by atoms with Crippen molar-refractivity contribution in [3.63, 3.8) is 0 Å². The number of rotatable bonds is 2. The van der Waals surface area contributed by atoms with Crippen LogP contribution in [0.1, 0.15) is 13.8 Å². The number of hydrogen-bond acceptors (Lipinski definition) is 2. The Morgan fingerprint density at radius 3 is 2.09 bits per heavy atom. The summed E-state index contributed by atoms with van der Waals surface area (Å²) in [5, 5.41) is 0. The van der Waals surface area contributed by atoms with Crippen molar-refractivity contribution >= 4 is 14.3 Å². The molecule has 2 nitrogen and oxygen atoms in total. The summed E-state index contributed by atoms with van der Waals surface area (Å²) in [5.74, 6) is -0.174. The normalized spacial score (nSPS) is 13.0. The molecule has 0 aromatic carbocycles. The highest BCUT2D eigenvalue weighted by atomic mass is 28.4. The molecule has 0 bridgehead atoms. The van der Waals surface area contributed by atoms with Crippen LogP contribution in [0.4, 0.5) is 0 Å². The van der Waals surface area contributed by atoms with E-state index in [0.717, 1.165) is 0 Å². The Bertz CT molecular complexity index is 177. The second-order valence-corrected chi connectivity index (χ2v) is 7.90. The van der Waals surface area contributed by atoms with Crippen molar-refractivity contribution in [2.75, 3.05) is 0 Å². The molecule has 0 fully saturated rings. The minimum Gasteiger partial charge on any atom is -0.517 e. The lowest BCUT2D eigenvalue weighted by atomic mass is 10.3. The summed E-state index contributed by atoms with van der Waals surface area (Å²) in [4.78, 5) is 11.1. The molecule has 11 heavy (non-hydrogen) atoms. The van der Waals surface area contributed by atoms with Crippen LogP contribution in [-0.4, -0.2) is 14.3 Å². The third-order valence-electron chi connectivity index (χ3n) is 1.15. The maximum Gasteiger partial charge on any atom is 0.320 e. The third kappa shape index (κ3) is 4.78. The first-order chi connectivity index (χ1) is 4.87. The van der Waals surface area contributed by atoms with Crippen LogP contribution >= 0.6 is 0 Å². The van der Waals surface area contributed by atoms with E-state index < -0.39 is 8.32 Å². The molecular weight excluding hydrogens is 156 g/mol.